The summed E-state index contributed by atoms with van der Waals surface area (Å²) in [4.78, 5) is 39.3. The number of nitrogens with zero attached hydrogens (tertiary/aromatic N) is 2. The number of nitrogens with two attached hydrogens (primary N) is 1. The second-order valence-electron chi connectivity index (χ2n) is 16.6. The minimum Gasteiger partial charge on any atom is -0.406 e. The molecule has 5 N–H and O–H groups in total. The second kappa shape index (κ2) is 14.8. The van der Waals surface area contributed by atoms with Gasteiger partial charge in [-0.05, 0) is 72.3 Å². The number of hydrogen-bond acceptors (Lipinski definition) is 8. The van der Waals surface area contributed by atoms with E-state index in [1.807, 2.05) is 6.07 Å². The number of thiazole rings is 1. The van der Waals surface area contributed by atoms with Crippen LogP contribution < -0.4 is 21.4 Å². The lowest BCUT2D eigenvalue weighted by Gasteiger charge is -2.47. The van der Waals surface area contributed by atoms with Crippen molar-refractivity contribution in [1.29, 1.82) is 0 Å². The lowest BCUT2D eigenvalue weighted by molar-refractivity contribution is 0.0530. The van der Waals surface area contributed by atoms with Crippen molar-refractivity contribution in [1.82, 2.24) is 20.2 Å². The Balaban J connectivity index is 1.09. The van der Waals surface area contributed by atoms with Gasteiger partial charge in [-0.2, -0.15) is 0 Å². The first-order valence-electron chi connectivity index (χ1n) is 18.7. The minimum absolute atomic E-state index is 0.127. The summed E-state index contributed by atoms with van der Waals surface area (Å²) in [5.74, 6) is -0.898. The molecule has 12 heteroatoms. The molecule has 9 nitrogen and oxygen atoms in total. The number of benzene rings is 3. The Labute approximate surface area is 327 Å². The number of ketones is 1. The average Bonchev–Trinajstić information content (AvgIpc) is 3.87. The van der Waals surface area contributed by atoms with Crippen LogP contribution in [0, 0.1) is 5.92 Å². The number of amides is 1. The van der Waals surface area contributed by atoms with Crippen LogP contribution in [0.5, 0.6) is 0 Å². The molecule has 5 aromatic rings. The fraction of sp³-hybridized carbons (Fsp3) is 0.405. The van der Waals surface area contributed by atoms with Crippen LogP contribution >= 0.6 is 22.9 Å². The zero-order chi connectivity index (χ0) is 38.5. The van der Waals surface area contributed by atoms with E-state index < -0.39 is 19.9 Å². The van der Waals surface area contributed by atoms with Gasteiger partial charge in [-0.3, -0.25) is 14.5 Å². The topological polar surface area (TPSA) is 134 Å². The third kappa shape index (κ3) is 7.11. The van der Waals surface area contributed by atoms with Crippen molar-refractivity contribution in [2.75, 3.05) is 19.8 Å². The molecule has 1 fully saturated rings. The number of halogens is 1. The number of aliphatic hydroxyl groups is 1. The molecule has 3 unspecified atom stereocenters. The van der Waals surface area contributed by atoms with Gasteiger partial charge in [0.25, 0.3) is 14.2 Å². The molecule has 1 amide bonds. The molecule has 0 spiro atoms. The maximum Gasteiger partial charge on any atom is 0.268 e. The monoisotopic (exact) mass is 783 g/mol. The number of Topliss-reactive ketones (excluding diaryl/α,β-unsaturated/α-hetero) is 1. The van der Waals surface area contributed by atoms with Gasteiger partial charge in [-0.25, -0.2) is 4.98 Å². The Kier molecular flexibility index (Phi) is 10.5. The molecule has 1 saturated carbocycles. The predicted octanol–water partition coefficient (Wildman–Crippen LogP) is 6.07. The highest BCUT2D eigenvalue weighted by Gasteiger charge is 2.53. The minimum atomic E-state index is -2.74. The zero-order valence-corrected chi connectivity index (χ0v) is 34.2. The molecule has 284 valence electrons. The summed E-state index contributed by atoms with van der Waals surface area (Å²) in [6.45, 7) is 13.2. The van der Waals surface area contributed by atoms with Crippen LogP contribution in [0.15, 0.2) is 84.9 Å². The van der Waals surface area contributed by atoms with Crippen LogP contribution in [0.2, 0.25) is 10.1 Å². The number of carbonyl (C=O) groups excluding carboxylic acids is 2. The lowest BCUT2D eigenvalue weighted by atomic mass is 9.88. The number of aromatic amines is 1. The molecule has 2 aromatic heterocycles. The van der Waals surface area contributed by atoms with E-state index in [-0.39, 0.29) is 41.2 Å². The molecule has 54 heavy (non-hydrogen) atoms. The van der Waals surface area contributed by atoms with E-state index in [1.165, 1.54) is 21.7 Å². The summed E-state index contributed by atoms with van der Waals surface area (Å²) in [7, 11) is -2.74. The molecular weight excluding hydrogens is 734 g/mol. The van der Waals surface area contributed by atoms with E-state index in [2.05, 4.69) is 110 Å². The Morgan fingerprint density at radius 2 is 1.72 bits per heavy atom. The summed E-state index contributed by atoms with van der Waals surface area (Å²) in [5.41, 5.74) is 7.28. The van der Waals surface area contributed by atoms with Gasteiger partial charge in [0.15, 0.2) is 5.01 Å². The molecule has 7 rings (SSSR count). The molecule has 3 aromatic carbocycles. The van der Waals surface area contributed by atoms with Gasteiger partial charge >= 0.3 is 0 Å². The molecule has 0 bridgehead atoms. The lowest BCUT2D eigenvalue weighted by Crippen LogP contribution is -2.68. The largest absolute Gasteiger partial charge is 0.406 e. The molecule has 1 aliphatic carbocycles. The van der Waals surface area contributed by atoms with Crippen molar-refractivity contribution in [3.63, 3.8) is 0 Å². The number of fused-ring (bicyclic) bond motifs is 2. The van der Waals surface area contributed by atoms with E-state index in [1.54, 1.807) is 18.2 Å². The van der Waals surface area contributed by atoms with Gasteiger partial charge in [0.2, 0.25) is 5.78 Å². The average molecular weight is 784 g/mol. The fourth-order valence-electron chi connectivity index (χ4n) is 8.43. The summed E-state index contributed by atoms with van der Waals surface area (Å²) in [6.07, 6.45) is 1.33. The van der Waals surface area contributed by atoms with Crippen LogP contribution in [0.3, 0.4) is 0 Å². The molecule has 3 heterocycles. The summed E-state index contributed by atoms with van der Waals surface area (Å²) in [6, 6.07) is 27.8. The molecule has 0 saturated heterocycles. The van der Waals surface area contributed by atoms with Gasteiger partial charge in [-0.1, -0.05) is 93.0 Å². The zero-order valence-electron chi connectivity index (χ0n) is 31.6. The van der Waals surface area contributed by atoms with E-state index in [9.17, 15) is 14.7 Å². The highest BCUT2D eigenvalue weighted by molar-refractivity contribution is 7.13. The number of carbonyl (C=O) groups is 2. The third-order valence-electron chi connectivity index (χ3n) is 11.5. The van der Waals surface area contributed by atoms with Gasteiger partial charge in [0.1, 0.15) is 11.2 Å². The van der Waals surface area contributed by atoms with Gasteiger partial charge in [0.05, 0.1) is 18.3 Å². The first kappa shape index (κ1) is 38.6. The standard InChI is InChI=1S/C42H50ClN5O4SSi/c1-40(2,3)54(30-12-8-6-9-13-30,31-14-10-7-11-15-31)52-26-41(4,5)48-19-18-33-35(24-48)53-39(46-33)37(50)42(44)23-27(25-49)20-36(42)47-38(51)34-22-28-21-29(43)16-17-32(28)45-34/h6-17,21-22,27,36,45,49H,18-20,23-26,44H2,1-5H3,(H,47,51). The molecule has 2 aliphatic rings. The number of rotatable bonds is 11. The number of nitrogens with one attached hydrogen (secondary N) is 2. The van der Waals surface area contributed by atoms with Crippen LogP contribution in [0.4, 0.5) is 0 Å². The molecule has 0 radical (unpaired) electrons. The van der Waals surface area contributed by atoms with Crippen LogP contribution in [-0.4, -0.2) is 76.9 Å². The molecule has 1 aliphatic heterocycles. The molecular formula is C42H50ClN5O4SSi. The maximum atomic E-state index is 14.3. The first-order valence-corrected chi connectivity index (χ1v) is 21.8. The van der Waals surface area contributed by atoms with Crippen molar-refractivity contribution in [3.05, 3.63) is 111 Å². The third-order valence-corrected chi connectivity index (χ3v) is 17.8. The Bertz CT molecular complexity index is 2110. The Hall–Kier alpha value is -3.68. The normalized spacial score (nSPS) is 21.0. The predicted molar refractivity (Wildman–Crippen MR) is 220 cm³/mol. The Morgan fingerprint density at radius 1 is 1.06 bits per heavy atom. The van der Waals surface area contributed by atoms with E-state index >= 15 is 0 Å². The second-order valence-corrected chi connectivity index (χ2v) is 22.4. The Morgan fingerprint density at radius 3 is 2.35 bits per heavy atom. The number of aliphatic hydroxyl groups excluding tert-OH is 1. The van der Waals surface area contributed by atoms with Gasteiger partial charge < -0.3 is 25.6 Å². The van der Waals surface area contributed by atoms with E-state index in [0.29, 0.717) is 41.7 Å². The number of H-pyrrole nitrogens is 1. The van der Waals surface area contributed by atoms with Gasteiger partial charge in [0, 0.05) is 52.5 Å². The quantitative estimate of drug-likeness (QED) is 0.0945. The summed E-state index contributed by atoms with van der Waals surface area (Å²) < 4.78 is 7.37. The van der Waals surface area contributed by atoms with Crippen molar-refractivity contribution in [3.8, 4) is 0 Å². The first-order chi connectivity index (χ1) is 25.6. The van der Waals surface area contributed by atoms with Crippen LogP contribution in [-0.2, 0) is 17.4 Å². The molecule has 3 atom stereocenters. The fourth-order valence-corrected chi connectivity index (χ4v) is 14.5. The van der Waals surface area contributed by atoms with Crippen molar-refractivity contribution < 1.29 is 19.1 Å². The van der Waals surface area contributed by atoms with Crippen LogP contribution in [0.25, 0.3) is 10.9 Å². The number of hydrogen-bond donors (Lipinski definition) is 4. The van der Waals surface area contributed by atoms with E-state index in [4.69, 9.17) is 26.7 Å². The summed E-state index contributed by atoms with van der Waals surface area (Å²) >= 11 is 7.55. The SMILES string of the molecule is CC(C)(CO[Si](c1ccccc1)(c1ccccc1)C(C)(C)C)N1CCc2nc(C(=O)C3(N)CC(CO)CC3NC(=O)c3cc4cc(Cl)ccc4[nH]3)sc2C1. The van der Waals surface area contributed by atoms with E-state index in [0.717, 1.165) is 28.0 Å². The maximum absolute atomic E-state index is 14.3. The number of aromatic nitrogens is 2. The highest BCUT2D eigenvalue weighted by Crippen LogP contribution is 2.40. The van der Waals surface area contributed by atoms with Crippen molar-refractivity contribution in [2.24, 2.45) is 11.7 Å². The van der Waals surface area contributed by atoms with Crippen molar-refractivity contribution >= 4 is 64.2 Å². The smallest absolute Gasteiger partial charge is 0.268 e. The van der Waals surface area contributed by atoms with Crippen molar-refractivity contribution in [2.45, 2.75) is 82.6 Å². The highest BCUT2D eigenvalue weighted by atomic mass is 35.5. The summed E-state index contributed by atoms with van der Waals surface area (Å²) in [5, 5.41) is 17.2. The van der Waals surface area contributed by atoms with Gasteiger partial charge in [-0.15, -0.1) is 11.3 Å². The van der Waals surface area contributed by atoms with Crippen LogP contribution in [0.1, 0.15) is 78.3 Å².